The number of alkyl carbamates (subject to hydrolysis) is 1. The van der Waals surface area contributed by atoms with E-state index in [0.29, 0.717) is 37.3 Å². The second-order valence-corrected chi connectivity index (χ2v) is 10.3. The molecular weight excluding hydrogens is 358 g/mol. The van der Waals surface area contributed by atoms with Crippen LogP contribution in [0, 0.1) is 34.5 Å². The van der Waals surface area contributed by atoms with Crippen LogP contribution in [0.25, 0.3) is 0 Å². The van der Waals surface area contributed by atoms with Gasteiger partial charge in [0.1, 0.15) is 11.7 Å². The van der Waals surface area contributed by atoms with Crippen molar-refractivity contribution < 1.29 is 19.1 Å². The Morgan fingerprint density at radius 1 is 1.18 bits per heavy atom. The van der Waals surface area contributed by atoms with Crippen LogP contribution in [0.5, 0.6) is 0 Å². The normalized spacial score (nSPS) is 38.8. The monoisotopic (exact) mass is 389 g/mol. The number of nitrogens with zero attached hydrogens (tertiary/aromatic N) is 2. The first-order valence-electron chi connectivity index (χ1n) is 10.5. The van der Waals surface area contributed by atoms with Crippen LogP contribution < -0.4 is 5.32 Å². The maximum Gasteiger partial charge on any atom is 0.410 e. The first-order valence-corrected chi connectivity index (χ1v) is 10.5. The van der Waals surface area contributed by atoms with E-state index in [4.69, 9.17) is 9.47 Å². The molecule has 0 aromatic heterocycles. The zero-order chi connectivity index (χ0) is 20.1. The second kappa shape index (κ2) is 6.82. The molecule has 4 aliphatic carbocycles. The van der Waals surface area contributed by atoms with Crippen LogP contribution in [-0.2, 0) is 9.47 Å². The van der Waals surface area contributed by atoms with E-state index in [9.17, 15) is 14.9 Å². The number of carbonyl (C=O) groups excluding carboxylic acids is 2. The Bertz CT molecular complexity index is 679. The number of likely N-dealkylation sites (tertiary alicyclic amines) is 1. The molecule has 3 atom stereocenters. The molecule has 0 aromatic carbocycles. The van der Waals surface area contributed by atoms with E-state index in [1.807, 2.05) is 20.8 Å². The minimum atomic E-state index is -0.540. The van der Waals surface area contributed by atoms with Crippen LogP contribution in [0.1, 0.15) is 59.3 Å². The first-order chi connectivity index (χ1) is 13.2. The maximum atomic E-state index is 12.7. The third-order valence-electron chi connectivity index (χ3n) is 6.83. The fraction of sp³-hybridized carbons (Fsp3) is 0.857. The summed E-state index contributed by atoms with van der Waals surface area (Å²) < 4.78 is 11.3. The van der Waals surface area contributed by atoms with Gasteiger partial charge in [0.25, 0.3) is 0 Å². The molecule has 4 saturated carbocycles. The van der Waals surface area contributed by atoms with Gasteiger partial charge in [-0.2, -0.15) is 5.26 Å². The summed E-state index contributed by atoms with van der Waals surface area (Å²) in [5.41, 5.74) is -0.711. The Kier molecular flexibility index (Phi) is 4.71. The van der Waals surface area contributed by atoms with Gasteiger partial charge in [0.2, 0.25) is 0 Å². The van der Waals surface area contributed by atoms with Gasteiger partial charge in [-0.3, -0.25) is 0 Å². The second-order valence-electron chi connectivity index (χ2n) is 10.3. The van der Waals surface area contributed by atoms with Gasteiger partial charge in [0, 0.05) is 13.1 Å². The van der Waals surface area contributed by atoms with Gasteiger partial charge in [0.05, 0.1) is 17.5 Å². The molecule has 1 aliphatic heterocycles. The Hall–Kier alpha value is -1.97. The highest BCUT2D eigenvalue weighted by Crippen LogP contribution is 2.60. The molecule has 1 heterocycles. The summed E-state index contributed by atoms with van der Waals surface area (Å²) in [6, 6.07) is 2.47. The van der Waals surface area contributed by atoms with Crippen molar-refractivity contribution in [3.8, 4) is 6.07 Å². The Labute approximate surface area is 166 Å². The van der Waals surface area contributed by atoms with Crippen molar-refractivity contribution in [3.63, 3.8) is 0 Å². The van der Waals surface area contributed by atoms with Gasteiger partial charge in [-0.15, -0.1) is 0 Å². The highest BCUT2D eigenvalue weighted by atomic mass is 16.6. The summed E-state index contributed by atoms with van der Waals surface area (Å²) in [6.07, 6.45) is 4.86. The third-order valence-corrected chi connectivity index (χ3v) is 6.83. The van der Waals surface area contributed by atoms with Crippen molar-refractivity contribution in [2.24, 2.45) is 23.2 Å². The molecule has 0 radical (unpaired) electrons. The molecule has 7 heteroatoms. The molecule has 1 N–H and O–H groups in total. The number of ether oxygens (including phenoxy) is 2. The van der Waals surface area contributed by atoms with Crippen LogP contribution in [-0.4, -0.2) is 47.9 Å². The minimum Gasteiger partial charge on any atom is -0.446 e. The van der Waals surface area contributed by atoms with Crippen LogP contribution in [0.3, 0.4) is 0 Å². The predicted octanol–water partition coefficient (Wildman–Crippen LogP) is 3.44. The van der Waals surface area contributed by atoms with Crippen LogP contribution in [0.4, 0.5) is 9.59 Å². The Morgan fingerprint density at radius 2 is 1.86 bits per heavy atom. The summed E-state index contributed by atoms with van der Waals surface area (Å²) in [5.74, 6) is 1.28. The lowest BCUT2D eigenvalue weighted by Crippen LogP contribution is -2.55. The number of nitriles is 1. The van der Waals surface area contributed by atoms with Crippen molar-refractivity contribution >= 4 is 12.2 Å². The van der Waals surface area contributed by atoms with Gasteiger partial charge >= 0.3 is 12.2 Å². The first kappa shape index (κ1) is 19.4. The van der Waals surface area contributed by atoms with Crippen LogP contribution in [0.15, 0.2) is 0 Å². The molecule has 4 bridgehead atoms. The van der Waals surface area contributed by atoms with E-state index >= 15 is 0 Å². The van der Waals surface area contributed by atoms with E-state index in [-0.39, 0.29) is 23.7 Å². The predicted molar refractivity (Wildman–Crippen MR) is 101 cm³/mol. The van der Waals surface area contributed by atoms with Gasteiger partial charge in [-0.1, -0.05) is 0 Å². The lowest BCUT2D eigenvalue weighted by atomic mass is 9.49. The summed E-state index contributed by atoms with van der Waals surface area (Å²) in [6.45, 7) is 6.50. The van der Waals surface area contributed by atoms with Crippen molar-refractivity contribution in [1.82, 2.24) is 10.2 Å². The molecule has 2 amide bonds. The molecule has 1 saturated heterocycles. The lowest BCUT2D eigenvalue weighted by Gasteiger charge is -2.56. The molecule has 5 aliphatic rings. The summed E-state index contributed by atoms with van der Waals surface area (Å²) in [4.78, 5) is 26.4. The van der Waals surface area contributed by atoms with E-state index in [0.717, 1.165) is 32.1 Å². The number of carbonyl (C=O) groups is 2. The van der Waals surface area contributed by atoms with Crippen molar-refractivity contribution in [1.29, 1.82) is 5.26 Å². The lowest BCUT2D eigenvalue weighted by molar-refractivity contribution is -0.121. The van der Waals surface area contributed by atoms with Gasteiger partial charge in [-0.05, 0) is 77.0 Å². The molecule has 0 spiro atoms. The topological polar surface area (TPSA) is 91.7 Å². The van der Waals surface area contributed by atoms with Gasteiger partial charge in [0.15, 0.2) is 0 Å². The molecule has 154 valence electrons. The average molecular weight is 389 g/mol. The smallest absolute Gasteiger partial charge is 0.410 e. The quantitative estimate of drug-likeness (QED) is 0.781. The largest absolute Gasteiger partial charge is 0.446 e. The molecule has 5 fully saturated rings. The molecule has 5 rings (SSSR count). The minimum absolute atomic E-state index is 0.0524. The van der Waals surface area contributed by atoms with Gasteiger partial charge in [-0.25, -0.2) is 9.59 Å². The highest BCUT2D eigenvalue weighted by molar-refractivity contribution is 5.70. The highest BCUT2D eigenvalue weighted by Gasteiger charge is 2.57. The Balaban J connectivity index is 1.30. The van der Waals surface area contributed by atoms with Crippen LogP contribution >= 0.6 is 0 Å². The molecule has 1 unspecified atom stereocenters. The van der Waals surface area contributed by atoms with Crippen molar-refractivity contribution in [3.05, 3.63) is 0 Å². The number of nitrogens with one attached hydrogen (secondary N) is 1. The molecule has 7 nitrogen and oxygen atoms in total. The zero-order valence-electron chi connectivity index (χ0n) is 17.1. The van der Waals surface area contributed by atoms with Gasteiger partial charge < -0.3 is 19.7 Å². The number of hydrogen-bond donors (Lipinski definition) is 1. The summed E-state index contributed by atoms with van der Waals surface area (Å²) >= 11 is 0. The number of rotatable bonds is 2. The third kappa shape index (κ3) is 3.78. The van der Waals surface area contributed by atoms with E-state index in [1.54, 1.807) is 4.90 Å². The van der Waals surface area contributed by atoms with Crippen molar-refractivity contribution in [2.75, 3.05) is 13.1 Å². The van der Waals surface area contributed by atoms with E-state index in [1.165, 1.54) is 0 Å². The maximum absolute atomic E-state index is 12.7. The number of amides is 2. The zero-order valence-corrected chi connectivity index (χ0v) is 17.1. The Morgan fingerprint density at radius 3 is 2.46 bits per heavy atom. The fourth-order valence-electron chi connectivity index (χ4n) is 6.02. The van der Waals surface area contributed by atoms with Crippen LogP contribution in [0.2, 0.25) is 0 Å². The van der Waals surface area contributed by atoms with Crippen molar-refractivity contribution in [2.45, 2.75) is 77.0 Å². The van der Waals surface area contributed by atoms with E-state index in [2.05, 4.69) is 11.4 Å². The molecular formula is C21H31N3O4. The molecule has 28 heavy (non-hydrogen) atoms. The number of hydrogen-bond acceptors (Lipinski definition) is 5. The average Bonchev–Trinajstić information content (AvgIpc) is 3.04. The summed E-state index contributed by atoms with van der Waals surface area (Å²) in [5, 5.41) is 12.5. The SMILES string of the molecule is CC(C)(C)OC(=O)NC1CCN(C(=O)OC2[C@@H]3CC4C[C@@H]2CC(C#N)(C4)C3)C1. The summed E-state index contributed by atoms with van der Waals surface area (Å²) in [7, 11) is 0. The standard InChI is InChI=1S/C21H31N3O4/c1-20(2,3)28-18(25)23-16-4-5-24(11-16)19(26)27-17-14-6-13-7-15(17)10-21(8-13,9-14)12-22/h13-17H,4-11H2,1-3H3,(H,23,25)/t13?,14-,15-,16?,17?,21?/m1/s1. The fourth-order valence-corrected chi connectivity index (χ4v) is 6.02. The molecule has 0 aromatic rings. The van der Waals surface area contributed by atoms with E-state index < -0.39 is 11.7 Å².